The molecule has 0 aliphatic rings. The van der Waals surface area contributed by atoms with Gasteiger partial charge in [-0.15, -0.1) is 0 Å². The molecule has 0 spiro atoms. The summed E-state index contributed by atoms with van der Waals surface area (Å²) in [5, 5.41) is 2.00. The van der Waals surface area contributed by atoms with E-state index in [-0.39, 0.29) is 5.97 Å². The van der Waals surface area contributed by atoms with Crippen molar-refractivity contribution < 1.29 is 14.6 Å². The fourth-order valence-electron chi connectivity index (χ4n) is 0.858. The molecule has 15 heavy (non-hydrogen) atoms. The zero-order chi connectivity index (χ0) is 11.5. The first-order valence-electron chi connectivity index (χ1n) is 4.66. The van der Waals surface area contributed by atoms with Crippen LogP contribution >= 0.6 is 0 Å². The Balaban J connectivity index is 2.74. The van der Waals surface area contributed by atoms with Crippen molar-refractivity contribution in [1.29, 1.82) is 0 Å². The number of nitrogens with zero attached hydrogens (tertiary/aromatic N) is 1. The topological polar surface area (TPSA) is 62.6 Å². The molecule has 0 atom stereocenters. The molecule has 0 aliphatic carbocycles. The highest BCUT2D eigenvalue weighted by atomic mass is 16.5. The van der Waals surface area contributed by atoms with Crippen LogP contribution in [-0.4, -0.2) is 5.97 Å². The Morgan fingerprint density at radius 2 is 1.80 bits per heavy atom. The molecule has 0 amide bonds. The third-order valence-electron chi connectivity index (χ3n) is 1.81. The van der Waals surface area contributed by atoms with E-state index in [1.165, 1.54) is 0 Å². The zero-order valence-electron chi connectivity index (χ0n) is 9.07. The van der Waals surface area contributed by atoms with Gasteiger partial charge in [0.25, 0.3) is 0 Å². The van der Waals surface area contributed by atoms with Gasteiger partial charge in [0.15, 0.2) is 5.69 Å². The van der Waals surface area contributed by atoms with E-state index >= 15 is 0 Å². The predicted molar refractivity (Wildman–Crippen MR) is 55.5 cm³/mol. The van der Waals surface area contributed by atoms with E-state index in [1.807, 2.05) is 5.11 Å². The van der Waals surface area contributed by atoms with Crippen molar-refractivity contribution >= 4 is 11.7 Å². The lowest BCUT2D eigenvalue weighted by molar-refractivity contribution is -0.379. The van der Waals surface area contributed by atoms with Crippen molar-refractivity contribution in [3.8, 4) is 5.75 Å². The Morgan fingerprint density at radius 3 is 2.20 bits per heavy atom. The van der Waals surface area contributed by atoms with Crippen molar-refractivity contribution in [1.82, 2.24) is 0 Å². The van der Waals surface area contributed by atoms with Gasteiger partial charge in [0.05, 0.1) is 5.41 Å². The number of carbonyl (C=O) groups excluding carboxylic acids is 1. The normalized spacial score (nSPS) is 10.9. The highest BCUT2D eigenvalue weighted by Gasteiger charge is 2.23. The van der Waals surface area contributed by atoms with E-state index in [0.717, 1.165) is 0 Å². The van der Waals surface area contributed by atoms with Gasteiger partial charge in [0.2, 0.25) is 0 Å². The summed E-state index contributed by atoms with van der Waals surface area (Å²) >= 11 is 0. The third-order valence-corrected chi connectivity index (χ3v) is 1.81. The summed E-state index contributed by atoms with van der Waals surface area (Å²) in [6, 6.07) is 6.46. The lowest BCUT2D eigenvalue weighted by atomic mass is 9.97. The predicted octanol–water partition coefficient (Wildman–Crippen LogP) is 1.37. The highest BCUT2D eigenvalue weighted by Crippen LogP contribution is 2.19. The molecular weight excluding hydrogens is 192 g/mol. The molecule has 0 aliphatic heterocycles. The first kappa shape index (κ1) is 11.4. The number of ether oxygens (including phenoxy) is 1. The molecule has 0 aromatic heterocycles. The van der Waals surface area contributed by atoms with Gasteiger partial charge in [-0.25, -0.2) is 0 Å². The summed E-state index contributed by atoms with van der Waals surface area (Å²) in [4.78, 5) is 11.5. The molecule has 1 aromatic carbocycles. The molecule has 1 N–H and O–H groups in total. The maximum Gasteiger partial charge on any atom is 0.316 e. The molecular formula is C11H14N2O2. The SMILES string of the molecule is CC(C)(C)C(=O)Oc1ccc([NH+]=[N-])cc1. The standard InChI is InChI=1S/C11H14N2O2/c1-11(2,3)10(14)15-9-6-4-8(13-12)5-7-9/h4-7,13H,1-3H3. The van der Waals surface area contributed by atoms with Crippen LogP contribution < -0.4 is 9.85 Å². The Hall–Kier alpha value is -1.71. The average molecular weight is 206 g/mol. The smallest absolute Gasteiger partial charge is 0.316 e. The maximum atomic E-state index is 11.5. The van der Waals surface area contributed by atoms with Crippen LogP contribution in [0.3, 0.4) is 0 Å². The van der Waals surface area contributed by atoms with Crippen molar-refractivity contribution in [3.63, 3.8) is 0 Å². The van der Waals surface area contributed by atoms with Crippen LogP contribution in [0.15, 0.2) is 24.3 Å². The van der Waals surface area contributed by atoms with Gasteiger partial charge < -0.3 is 10.3 Å². The van der Waals surface area contributed by atoms with Crippen LogP contribution in [-0.2, 0) is 4.79 Å². The van der Waals surface area contributed by atoms with Crippen molar-refractivity contribution in [2.24, 2.45) is 5.41 Å². The van der Waals surface area contributed by atoms with E-state index in [1.54, 1.807) is 45.0 Å². The minimum atomic E-state index is -0.520. The number of esters is 1. The molecule has 0 fully saturated rings. The zero-order valence-corrected chi connectivity index (χ0v) is 9.07. The molecule has 0 saturated carbocycles. The molecule has 0 unspecified atom stereocenters. The van der Waals surface area contributed by atoms with E-state index < -0.39 is 5.41 Å². The second-order valence-corrected chi connectivity index (χ2v) is 4.28. The average Bonchev–Trinajstić information content (AvgIpc) is 2.17. The third kappa shape index (κ3) is 3.16. The number of hydrogen-bond donors (Lipinski definition) is 1. The van der Waals surface area contributed by atoms with E-state index in [0.29, 0.717) is 11.4 Å². The summed E-state index contributed by atoms with van der Waals surface area (Å²) in [7, 11) is 0. The summed E-state index contributed by atoms with van der Waals surface area (Å²) in [6.07, 6.45) is 0. The fourth-order valence-corrected chi connectivity index (χ4v) is 0.858. The van der Waals surface area contributed by atoms with Crippen molar-refractivity contribution in [2.75, 3.05) is 0 Å². The summed E-state index contributed by atoms with van der Waals surface area (Å²) < 4.78 is 5.13. The van der Waals surface area contributed by atoms with Gasteiger partial charge in [-0.1, -0.05) is 0 Å². The highest BCUT2D eigenvalue weighted by molar-refractivity contribution is 5.77. The lowest BCUT2D eigenvalue weighted by Crippen LogP contribution is -2.54. The van der Waals surface area contributed by atoms with Crippen LogP contribution in [0.25, 0.3) is 5.53 Å². The Morgan fingerprint density at radius 1 is 1.27 bits per heavy atom. The Kier molecular flexibility index (Phi) is 3.19. The van der Waals surface area contributed by atoms with Crippen molar-refractivity contribution in [3.05, 3.63) is 29.8 Å². The first-order valence-corrected chi connectivity index (χ1v) is 4.66. The molecule has 0 saturated heterocycles. The van der Waals surface area contributed by atoms with Gasteiger partial charge >= 0.3 is 5.97 Å². The number of carbonyl (C=O) groups is 1. The number of rotatable bonds is 2. The Labute approximate surface area is 88.8 Å². The fraction of sp³-hybridized carbons (Fsp3) is 0.364. The minimum absolute atomic E-state index is 0.285. The second-order valence-electron chi connectivity index (χ2n) is 4.28. The largest absolute Gasteiger partial charge is 0.502 e. The first-order chi connectivity index (χ1) is 6.93. The minimum Gasteiger partial charge on any atom is -0.502 e. The monoisotopic (exact) mass is 206 g/mol. The van der Waals surface area contributed by atoms with Gasteiger partial charge in [0, 0.05) is 12.1 Å². The van der Waals surface area contributed by atoms with E-state index in [2.05, 4.69) is 0 Å². The summed E-state index contributed by atoms with van der Waals surface area (Å²) in [6.45, 7) is 5.37. The van der Waals surface area contributed by atoms with Gasteiger partial charge in [-0.2, -0.15) is 0 Å². The van der Waals surface area contributed by atoms with Gasteiger partial charge in [-0.05, 0) is 32.9 Å². The molecule has 0 heterocycles. The van der Waals surface area contributed by atoms with Gasteiger partial charge in [0.1, 0.15) is 5.75 Å². The summed E-state index contributed by atoms with van der Waals surface area (Å²) in [5.41, 5.74) is 8.61. The van der Waals surface area contributed by atoms with Crippen LogP contribution in [0.1, 0.15) is 20.8 Å². The number of hydrogen-bond acceptors (Lipinski definition) is 2. The molecule has 80 valence electrons. The molecule has 4 nitrogen and oxygen atoms in total. The molecule has 1 rings (SSSR count). The van der Waals surface area contributed by atoms with E-state index in [9.17, 15) is 4.79 Å². The van der Waals surface area contributed by atoms with Crippen LogP contribution in [0.4, 0.5) is 5.69 Å². The lowest BCUT2D eigenvalue weighted by Gasteiger charge is -2.15. The van der Waals surface area contributed by atoms with Crippen LogP contribution in [0.5, 0.6) is 5.75 Å². The van der Waals surface area contributed by atoms with Gasteiger partial charge in [-0.3, -0.25) is 9.91 Å². The van der Waals surface area contributed by atoms with Crippen molar-refractivity contribution in [2.45, 2.75) is 20.8 Å². The quantitative estimate of drug-likeness (QED) is 0.451. The van der Waals surface area contributed by atoms with Crippen LogP contribution in [0, 0.1) is 5.41 Å². The molecule has 0 bridgehead atoms. The maximum absolute atomic E-state index is 11.5. The molecule has 1 aromatic rings. The van der Waals surface area contributed by atoms with E-state index in [4.69, 9.17) is 10.3 Å². The van der Waals surface area contributed by atoms with Crippen LogP contribution in [0.2, 0.25) is 0 Å². The molecule has 4 heteroatoms. The summed E-state index contributed by atoms with van der Waals surface area (Å²) in [5.74, 6) is 0.182. The number of nitrogens with one attached hydrogen (secondary N) is 1. The second kappa shape index (κ2) is 4.21. The Bertz CT molecular complexity index is 363. The number of benzene rings is 1. The molecule has 0 radical (unpaired) electrons.